The van der Waals surface area contributed by atoms with E-state index in [1.54, 1.807) is 0 Å². The molecule has 1 aliphatic heterocycles. The maximum Gasteiger partial charge on any atom is 0.262 e. The molecule has 0 radical (unpaired) electrons. The van der Waals surface area contributed by atoms with Gasteiger partial charge in [0.25, 0.3) is 5.91 Å². The Labute approximate surface area is 269 Å². The van der Waals surface area contributed by atoms with Crippen LogP contribution in [-0.2, 0) is 14.4 Å². The zero-order valence-electron chi connectivity index (χ0n) is 27.1. The van der Waals surface area contributed by atoms with Gasteiger partial charge in [-0.15, -0.1) is 0 Å². The van der Waals surface area contributed by atoms with E-state index >= 15 is 0 Å². The SMILES string of the molecule is CCOc1cc(C2C3=C(CC(C)(C)CC3=O)N(C)C3=C2C(=O)CC(C)(C)C3)cc(Br)c1OCC(=O)Nc1ccc(C)cc1C. The summed E-state index contributed by atoms with van der Waals surface area (Å²) in [5, 5.41) is 2.92. The minimum absolute atomic E-state index is 0.0785. The van der Waals surface area contributed by atoms with Gasteiger partial charge in [-0.2, -0.15) is 0 Å². The number of allylic oxidation sites excluding steroid dienone is 4. The van der Waals surface area contributed by atoms with Gasteiger partial charge < -0.3 is 19.7 Å². The van der Waals surface area contributed by atoms with Crippen LogP contribution in [0.4, 0.5) is 5.69 Å². The molecule has 0 atom stereocenters. The van der Waals surface area contributed by atoms with Crippen molar-refractivity contribution >= 4 is 39.1 Å². The smallest absolute Gasteiger partial charge is 0.262 e. The first kappa shape index (κ1) is 32.0. The van der Waals surface area contributed by atoms with Gasteiger partial charge in [-0.1, -0.05) is 45.4 Å². The molecule has 44 heavy (non-hydrogen) atoms. The highest BCUT2D eigenvalue weighted by molar-refractivity contribution is 9.10. The standard InChI is InChI=1S/C36H43BrN2O5/c1-9-43-29-14-22(13-23(37)34(29)44-19-30(42)38-24-11-10-20(2)12-21(24)3)31-32-25(15-35(4,5)17-27(32)40)39(8)26-16-36(6,7)18-28(41)33(26)31/h10-14,31H,9,15-19H2,1-8H3,(H,38,42). The number of benzene rings is 2. The van der Waals surface area contributed by atoms with E-state index in [2.05, 4.69) is 53.8 Å². The second kappa shape index (κ2) is 11.8. The van der Waals surface area contributed by atoms with Gasteiger partial charge in [0, 0.05) is 54.0 Å². The average molecular weight is 664 g/mol. The van der Waals surface area contributed by atoms with Crippen LogP contribution in [0.5, 0.6) is 11.5 Å². The molecule has 2 aromatic carbocycles. The van der Waals surface area contributed by atoms with Crippen molar-refractivity contribution in [3.63, 3.8) is 0 Å². The van der Waals surface area contributed by atoms with E-state index in [4.69, 9.17) is 9.47 Å². The Morgan fingerprint density at radius 1 is 0.932 bits per heavy atom. The fourth-order valence-electron chi connectivity index (χ4n) is 6.93. The lowest BCUT2D eigenvalue weighted by atomic mass is 9.64. The molecule has 0 unspecified atom stereocenters. The predicted octanol–water partition coefficient (Wildman–Crippen LogP) is 7.80. The van der Waals surface area contributed by atoms with Crippen LogP contribution in [-0.4, -0.2) is 42.6 Å². The van der Waals surface area contributed by atoms with Crippen LogP contribution in [0.15, 0.2) is 57.3 Å². The number of amides is 1. The molecule has 2 aliphatic carbocycles. The summed E-state index contributed by atoms with van der Waals surface area (Å²) in [6.45, 7) is 14.5. The Morgan fingerprint density at radius 3 is 2.07 bits per heavy atom. The van der Waals surface area contributed by atoms with Crippen molar-refractivity contribution in [1.82, 2.24) is 4.90 Å². The van der Waals surface area contributed by atoms with Crippen LogP contribution in [0, 0.1) is 24.7 Å². The molecule has 0 bridgehead atoms. The zero-order valence-corrected chi connectivity index (χ0v) is 28.7. The number of carbonyl (C=O) groups excluding carboxylic acids is 3. The van der Waals surface area contributed by atoms with Crippen LogP contribution < -0.4 is 14.8 Å². The van der Waals surface area contributed by atoms with Gasteiger partial charge in [-0.05, 0) is 89.7 Å². The summed E-state index contributed by atoms with van der Waals surface area (Å²) < 4.78 is 12.7. The normalized spacial score (nSPS) is 19.5. The molecular formula is C36H43BrN2O5. The summed E-state index contributed by atoms with van der Waals surface area (Å²) in [7, 11) is 2.01. The molecule has 1 amide bonds. The Morgan fingerprint density at radius 2 is 1.52 bits per heavy atom. The van der Waals surface area contributed by atoms with Gasteiger partial charge in [0.1, 0.15) is 0 Å². The molecule has 1 heterocycles. The number of aryl methyl sites for hydroxylation is 2. The van der Waals surface area contributed by atoms with Crippen LogP contribution >= 0.6 is 15.9 Å². The van der Waals surface area contributed by atoms with Gasteiger partial charge in [-0.25, -0.2) is 0 Å². The average Bonchev–Trinajstić information content (AvgIpc) is 2.90. The van der Waals surface area contributed by atoms with Crippen LogP contribution in [0.3, 0.4) is 0 Å². The van der Waals surface area contributed by atoms with Crippen LogP contribution in [0.25, 0.3) is 0 Å². The Hall–Kier alpha value is -3.39. The van der Waals surface area contributed by atoms with Crippen LogP contribution in [0.1, 0.15) is 82.9 Å². The second-order valence-corrected chi connectivity index (χ2v) is 14.9. The molecule has 8 heteroatoms. The van der Waals surface area contributed by atoms with Gasteiger partial charge in [0.05, 0.1) is 11.1 Å². The number of ketones is 2. The van der Waals surface area contributed by atoms with Crippen molar-refractivity contribution < 1.29 is 23.9 Å². The van der Waals surface area contributed by atoms with E-state index in [1.165, 1.54) is 0 Å². The molecule has 3 aliphatic rings. The van der Waals surface area contributed by atoms with Crippen molar-refractivity contribution in [2.45, 2.75) is 80.1 Å². The van der Waals surface area contributed by atoms with Gasteiger partial charge >= 0.3 is 0 Å². The number of halogens is 1. The Balaban J connectivity index is 1.54. The van der Waals surface area contributed by atoms with Gasteiger partial charge in [0.2, 0.25) is 0 Å². The fourth-order valence-corrected chi connectivity index (χ4v) is 7.51. The molecule has 234 valence electrons. The summed E-state index contributed by atoms with van der Waals surface area (Å²) in [6.07, 6.45) is 2.36. The quantitative estimate of drug-likeness (QED) is 0.326. The molecular weight excluding hydrogens is 620 g/mol. The Bertz CT molecular complexity index is 1560. The van der Waals surface area contributed by atoms with Crippen molar-refractivity contribution in [3.8, 4) is 11.5 Å². The topological polar surface area (TPSA) is 84.9 Å². The lowest BCUT2D eigenvalue weighted by Crippen LogP contribution is -2.43. The number of nitrogens with zero attached hydrogens (tertiary/aromatic N) is 1. The van der Waals surface area contributed by atoms with Crippen molar-refractivity contribution in [1.29, 1.82) is 0 Å². The number of hydrogen-bond acceptors (Lipinski definition) is 6. The molecule has 2 aromatic rings. The zero-order chi connectivity index (χ0) is 32.1. The molecule has 0 saturated carbocycles. The number of nitrogens with one attached hydrogen (secondary N) is 1. The van der Waals surface area contributed by atoms with Gasteiger partial charge in [-0.3, -0.25) is 14.4 Å². The van der Waals surface area contributed by atoms with E-state index in [0.717, 1.165) is 46.6 Å². The van der Waals surface area contributed by atoms with Crippen molar-refractivity contribution in [2.24, 2.45) is 10.8 Å². The van der Waals surface area contributed by atoms with Gasteiger partial charge in [0.15, 0.2) is 29.7 Å². The third kappa shape index (κ3) is 6.23. The third-order valence-corrected chi connectivity index (χ3v) is 9.44. The van der Waals surface area contributed by atoms with Crippen molar-refractivity contribution in [2.75, 3.05) is 25.6 Å². The van der Waals surface area contributed by atoms with Crippen molar-refractivity contribution in [3.05, 3.63) is 74.0 Å². The number of hydrogen-bond donors (Lipinski definition) is 1. The first-order chi connectivity index (χ1) is 20.6. The minimum Gasteiger partial charge on any atom is -0.490 e. The summed E-state index contributed by atoms with van der Waals surface area (Å²) >= 11 is 3.68. The lowest BCUT2D eigenvalue weighted by Gasteiger charge is -2.48. The summed E-state index contributed by atoms with van der Waals surface area (Å²) in [4.78, 5) is 42.8. The van der Waals surface area contributed by atoms with E-state index in [-0.39, 0.29) is 34.9 Å². The summed E-state index contributed by atoms with van der Waals surface area (Å²) in [6, 6.07) is 9.63. The molecule has 5 rings (SSSR count). The third-order valence-electron chi connectivity index (χ3n) is 8.85. The lowest BCUT2D eigenvalue weighted by molar-refractivity contribution is -0.120. The molecule has 0 saturated heterocycles. The molecule has 0 spiro atoms. The monoisotopic (exact) mass is 662 g/mol. The van der Waals surface area contributed by atoms with E-state index in [1.807, 2.05) is 58.2 Å². The summed E-state index contributed by atoms with van der Waals surface area (Å²) in [5.74, 6) is 0.216. The molecule has 1 N–H and O–H groups in total. The highest BCUT2D eigenvalue weighted by Gasteiger charge is 2.48. The molecule has 0 aromatic heterocycles. The largest absolute Gasteiger partial charge is 0.490 e. The number of Topliss-reactive ketones (excluding diaryl/α,β-unsaturated/α-hetero) is 2. The number of anilines is 1. The Kier molecular flexibility index (Phi) is 8.62. The maximum absolute atomic E-state index is 13.9. The second-order valence-electron chi connectivity index (χ2n) is 14.0. The molecule has 0 fully saturated rings. The highest BCUT2D eigenvalue weighted by atomic mass is 79.9. The number of rotatable bonds is 7. The maximum atomic E-state index is 13.9. The highest BCUT2D eigenvalue weighted by Crippen LogP contribution is 2.55. The number of carbonyl (C=O) groups is 3. The first-order valence-electron chi connectivity index (χ1n) is 15.3. The van der Waals surface area contributed by atoms with E-state index in [0.29, 0.717) is 46.6 Å². The fraction of sp³-hybridized carbons (Fsp3) is 0.472. The molecule has 7 nitrogen and oxygen atoms in total. The van der Waals surface area contributed by atoms with Crippen LogP contribution in [0.2, 0.25) is 0 Å². The minimum atomic E-state index is -0.499. The number of ether oxygens (including phenoxy) is 2. The van der Waals surface area contributed by atoms with E-state index in [9.17, 15) is 14.4 Å². The predicted molar refractivity (Wildman–Crippen MR) is 176 cm³/mol. The van der Waals surface area contributed by atoms with E-state index < -0.39 is 5.92 Å². The first-order valence-corrected chi connectivity index (χ1v) is 16.1. The summed E-state index contributed by atoms with van der Waals surface area (Å²) in [5.41, 5.74) is 6.68.